The maximum atomic E-state index is 15.5. The lowest BCUT2D eigenvalue weighted by Gasteiger charge is -2.27. The van der Waals surface area contributed by atoms with Crippen LogP contribution in [0.4, 0.5) is 30.7 Å². The molecule has 0 radical (unpaired) electrons. The molecule has 2 aromatic carbocycles. The summed E-state index contributed by atoms with van der Waals surface area (Å²) in [5.41, 5.74) is -0.987. The lowest BCUT2D eigenvalue weighted by atomic mass is 10.0. The number of aromatic carboxylic acids is 1. The third kappa shape index (κ3) is 6.07. The first-order chi connectivity index (χ1) is 21.4. The van der Waals surface area contributed by atoms with Crippen LogP contribution in [0.15, 0.2) is 42.6 Å². The van der Waals surface area contributed by atoms with Crippen LogP contribution in [0.3, 0.4) is 0 Å². The molecule has 0 spiro atoms. The first-order valence-electron chi connectivity index (χ1n) is 13.2. The van der Waals surface area contributed by atoms with Gasteiger partial charge in [0.1, 0.15) is 28.1 Å². The van der Waals surface area contributed by atoms with Gasteiger partial charge in [0.2, 0.25) is 0 Å². The van der Waals surface area contributed by atoms with Gasteiger partial charge >= 0.3 is 12.1 Å². The van der Waals surface area contributed by atoms with Crippen molar-refractivity contribution in [2.75, 3.05) is 6.61 Å². The molecule has 0 bridgehead atoms. The number of halogens is 7. The van der Waals surface area contributed by atoms with Crippen molar-refractivity contribution in [3.63, 3.8) is 0 Å². The molecule has 0 amide bonds. The molecular formula is C29H19F7N4O4S. The highest BCUT2D eigenvalue weighted by molar-refractivity contribution is 7.11. The smallest absolute Gasteiger partial charge is 0.427 e. The Bertz CT molecular complexity index is 1940. The maximum absolute atomic E-state index is 15.5. The van der Waals surface area contributed by atoms with Crippen LogP contribution in [-0.4, -0.2) is 43.3 Å². The van der Waals surface area contributed by atoms with Crippen LogP contribution in [0.2, 0.25) is 0 Å². The Kier molecular flexibility index (Phi) is 7.95. The number of hydrogen-bond acceptors (Lipinski definition) is 7. The summed E-state index contributed by atoms with van der Waals surface area (Å²) in [5.74, 6) is -7.04. The van der Waals surface area contributed by atoms with E-state index in [1.54, 1.807) is 4.57 Å². The Hall–Kier alpha value is -4.57. The predicted molar refractivity (Wildman–Crippen MR) is 145 cm³/mol. The van der Waals surface area contributed by atoms with E-state index in [-0.39, 0.29) is 40.4 Å². The van der Waals surface area contributed by atoms with E-state index in [4.69, 9.17) is 9.47 Å². The fourth-order valence-corrected chi connectivity index (χ4v) is 5.43. The number of ether oxygens (including phenoxy) is 2. The molecule has 3 aromatic heterocycles. The van der Waals surface area contributed by atoms with E-state index in [0.29, 0.717) is 36.3 Å². The SMILES string of the molecule is O=C(O)c1ccc2nc(Cc3c(F)cc(-c4ccc(F)c(OCc5ncc(C(F)(F)F)s5)n4)c(F)c3F)n(C[C@@H]3CCO3)c2c1. The van der Waals surface area contributed by atoms with Gasteiger partial charge in [-0.15, -0.1) is 11.3 Å². The molecule has 0 saturated carbocycles. The summed E-state index contributed by atoms with van der Waals surface area (Å²) in [7, 11) is 0. The van der Waals surface area contributed by atoms with Gasteiger partial charge < -0.3 is 19.1 Å². The molecule has 1 atom stereocenters. The summed E-state index contributed by atoms with van der Waals surface area (Å²) in [6.07, 6.45) is -4.06. The predicted octanol–water partition coefficient (Wildman–Crippen LogP) is 6.79. The summed E-state index contributed by atoms with van der Waals surface area (Å²) in [5, 5.41) is 9.27. The van der Waals surface area contributed by atoms with Crippen molar-refractivity contribution < 1.29 is 50.1 Å². The van der Waals surface area contributed by atoms with Crippen molar-refractivity contribution in [3.05, 3.63) is 92.7 Å². The van der Waals surface area contributed by atoms with Gasteiger partial charge in [0.15, 0.2) is 17.5 Å². The van der Waals surface area contributed by atoms with Gasteiger partial charge in [-0.25, -0.2) is 37.3 Å². The van der Waals surface area contributed by atoms with E-state index < -0.39 is 76.0 Å². The number of carbonyl (C=O) groups is 1. The molecule has 0 aliphatic carbocycles. The van der Waals surface area contributed by atoms with Crippen molar-refractivity contribution in [1.29, 1.82) is 0 Å². The molecule has 1 saturated heterocycles. The number of thiazole rings is 1. The zero-order valence-electron chi connectivity index (χ0n) is 22.7. The average molecular weight is 653 g/mol. The molecule has 1 N–H and O–H groups in total. The largest absolute Gasteiger partial charge is 0.478 e. The standard InChI is InChI=1S/C29H19F7N4O4S/c30-17-2-4-19(39-27(17)44-12-24-37-10-22(45-24)29(34,35)36)16-8-18(31)15(25(32)26(16)33)9-23-38-20-3-1-13(28(41)42)7-21(20)40(23)11-14-5-6-43-14/h1-4,7-8,10,14H,5-6,9,11-12H2,(H,41,42)/t14-/m0/s1. The molecule has 4 heterocycles. The molecule has 0 unspecified atom stereocenters. The topological polar surface area (TPSA) is 99.4 Å². The van der Waals surface area contributed by atoms with Gasteiger partial charge in [0, 0.05) is 24.2 Å². The number of pyridine rings is 1. The molecule has 1 aliphatic heterocycles. The van der Waals surface area contributed by atoms with Crippen LogP contribution in [0.25, 0.3) is 22.3 Å². The Morgan fingerprint density at radius 3 is 2.51 bits per heavy atom. The highest BCUT2D eigenvalue weighted by Gasteiger charge is 2.33. The fourth-order valence-electron chi connectivity index (χ4n) is 4.73. The van der Waals surface area contributed by atoms with Crippen molar-refractivity contribution in [3.8, 4) is 17.1 Å². The van der Waals surface area contributed by atoms with E-state index in [9.17, 15) is 27.5 Å². The van der Waals surface area contributed by atoms with Crippen LogP contribution in [-0.2, 0) is 30.5 Å². The molecule has 16 heteroatoms. The Labute approximate surface area is 252 Å². The van der Waals surface area contributed by atoms with Gasteiger partial charge in [-0.05, 0) is 42.8 Å². The highest BCUT2D eigenvalue weighted by Crippen LogP contribution is 2.35. The minimum absolute atomic E-state index is 0.0228. The molecule has 6 rings (SSSR count). The molecular weight excluding hydrogens is 633 g/mol. The van der Waals surface area contributed by atoms with Gasteiger partial charge in [-0.3, -0.25) is 0 Å². The first-order valence-corrected chi connectivity index (χ1v) is 14.0. The molecule has 234 valence electrons. The normalized spacial score (nSPS) is 15.0. The number of alkyl halides is 3. The number of imidazole rings is 1. The van der Waals surface area contributed by atoms with E-state index in [0.717, 1.165) is 12.1 Å². The molecule has 8 nitrogen and oxygen atoms in total. The number of aromatic nitrogens is 4. The van der Waals surface area contributed by atoms with Gasteiger partial charge in [0.05, 0.1) is 41.1 Å². The van der Waals surface area contributed by atoms with E-state index in [1.807, 2.05) is 0 Å². The minimum Gasteiger partial charge on any atom is -0.478 e. The summed E-state index contributed by atoms with van der Waals surface area (Å²) in [6.45, 7) is 0.148. The quantitative estimate of drug-likeness (QED) is 0.138. The molecule has 45 heavy (non-hydrogen) atoms. The van der Waals surface area contributed by atoms with Crippen LogP contribution >= 0.6 is 11.3 Å². The van der Waals surface area contributed by atoms with Crippen molar-refractivity contribution in [2.24, 2.45) is 0 Å². The maximum Gasteiger partial charge on any atom is 0.427 e. The summed E-state index contributed by atoms with van der Waals surface area (Å²) < 4.78 is 111. The third-order valence-corrected chi connectivity index (χ3v) is 8.11. The highest BCUT2D eigenvalue weighted by atomic mass is 32.1. The molecule has 1 aliphatic rings. The van der Waals surface area contributed by atoms with Gasteiger partial charge in [-0.1, -0.05) is 0 Å². The number of carboxylic acid groups (broad SMARTS) is 1. The van der Waals surface area contributed by atoms with Crippen molar-refractivity contribution >= 4 is 28.3 Å². The number of benzene rings is 2. The second kappa shape index (κ2) is 11.7. The van der Waals surface area contributed by atoms with Crippen molar-refractivity contribution in [2.45, 2.75) is 38.3 Å². The fraction of sp³-hybridized carbons (Fsp3) is 0.241. The lowest BCUT2D eigenvalue weighted by Crippen LogP contribution is -2.31. The third-order valence-electron chi connectivity index (χ3n) is 7.10. The number of fused-ring (bicyclic) bond motifs is 1. The average Bonchev–Trinajstić information content (AvgIpc) is 3.59. The van der Waals surface area contributed by atoms with Crippen molar-refractivity contribution in [1.82, 2.24) is 19.5 Å². The van der Waals surface area contributed by atoms with Crippen LogP contribution in [0.1, 0.15) is 38.1 Å². The molecule has 5 aromatic rings. The van der Waals surface area contributed by atoms with Gasteiger partial charge in [-0.2, -0.15) is 13.2 Å². The Balaban J connectivity index is 1.30. The summed E-state index contributed by atoms with van der Waals surface area (Å²) in [6, 6.07) is 6.63. The second-order valence-electron chi connectivity index (χ2n) is 10.0. The van der Waals surface area contributed by atoms with E-state index in [2.05, 4.69) is 15.0 Å². The number of rotatable bonds is 9. The lowest BCUT2D eigenvalue weighted by molar-refractivity contribution is -0.134. The van der Waals surface area contributed by atoms with Gasteiger partial charge in [0.25, 0.3) is 5.88 Å². The Morgan fingerprint density at radius 2 is 1.84 bits per heavy atom. The zero-order valence-corrected chi connectivity index (χ0v) is 23.5. The summed E-state index contributed by atoms with van der Waals surface area (Å²) >= 11 is 0.275. The summed E-state index contributed by atoms with van der Waals surface area (Å²) in [4.78, 5) is 22.3. The second-order valence-corrected chi connectivity index (χ2v) is 11.1. The van der Waals surface area contributed by atoms with E-state index in [1.165, 1.54) is 18.2 Å². The number of nitrogens with zero attached hydrogens (tertiary/aromatic N) is 4. The van der Waals surface area contributed by atoms with Crippen LogP contribution in [0.5, 0.6) is 5.88 Å². The first kappa shape index (κ1) is 30.5. The minimum atomic E-state index is -4.63. The monoisotopic (exact) mass is 652 g/mol. The number of hydrogen-bond donors (Lipinski definition) is 1. The molecule has 1 fully saturated rings. The number of carboxylic acids is 1. The van der Waals surface area contributed by atoms with E-state index >= 15 is 13.2 Å². The Morgan fingerprint density at radius 1 is 1.07 bits per heavy atom. The van der Waals surface area contributed by atoms with Crippen LogP contribution in [0, 0.1) is 23.3 Å². The zero-order chi connectivity index (χ0) is 32.0. The van der Waals surface area contributed by atoms with Crippen LogP contribution < -0.4 is 4.74 Å².